The van der Waals surface area contributed by atoms with Crippen molar-refractivity contribution in [2.24, 2.45) is 11.8 Å². The fourth-order valence-electron chi connectivity index (χ4n) is 4.77. The molecule has 0 spiro atoms. The fourth-order valence-corrected chi connectivity index (χ4v) is 4.99. The lowest BCUT2D eigenvalue weighted by molar-refractivity contribution is 0.179. The largest absolute Gasteiger partial charge is 0.465 e. The molecule has 0 bridgehead atoms. The highest BCUT2D eigenvalue weighted by Gasteiger charge is 2.47. The number of carboxylic acid groups (broad SMARTS) is 1. The standard InChI is InChI=1S/C20H24ClN5O2/c1-11-4-3-5-14(16(11)21)17-18(22)24-15(8-23-17)26-9-12-6-20(2,25-19(27)28)7-13(12)10-26/h3-5,8,12-13,25H,6-7,9-10H2,1-2H3,(H2,22,24)(H,27,28)/t12-,13+,20+. The maximum absolute atomic E-state index is 11.0. The highest BCUT2D eigenvalue weighted by atomic mass is 35.5. The zero-order valence-electron chi connectivity index (χ0n) is 15.9. The number of nitrogen functional groups attached to an aromatic ring is 1. The minimum absolute atomic E-state index is 0.344. The second-order valence-corrected chi connectivity index (χ2v) is 8.60. The van der Waals surface area contributed by atoms with Gasteiger partial charge in [-0.15, -0.1) is 0 Å². The molecule has 2 aromatic rings. The maximum Gasteiger partial charge on any atom is 0.405 e. The van der Waals surface area contributed by atoms with E-state index in [4.69, 9.17) is 22.4 Å². The number of rotatable bonds is 3. The van der Waals surface area contributed by atoms with E-state index in [1.54, 1.807) is 6.20 Å². The van der Waals surface area contributed by atoms with Crippen LogP contribution in [0.4, 0.5) is 16.4 Å². The Morgan fingerprint density at radius 2 is 2.04 bits per heavy atom. The van der Waals surface area contributed by atoms with E-state index >= 15 is 0 Å². The molecule has 4 N–H and O–H groups in total. The van der Waals surface area contributed by atoms with Gasteiger partial charge in [-0.05, 0) is 44.1 Å². The summed E-state index contributed by atoms with van der Waals surface area (Å²) in [7, 11) is 0. The predicted molar refractivity (Wildman–Crippen MR) is 110 cm³/mol. The number of benzene rings is 1. The third-order valence-electron chi connectivity index (χ3n) is 5.97. The van der Waals surface area contributed by atoms with Crippen LogP contribution in [0.15, 0.2) is 24.4 Å². The third kappa shape index (κ3) is 3.35. The Labute approximate surface area is 168 Å². The highest BCUT2D eigenvalue weighted by Crippen LogP contribution is 2.44. The van der Waals surface area contributed by atoms with Gasteiger partial charge in [0.25, 0.3) is 0 Å². The Morgan fingerprint density at radius 3 is 2.64 bits per heavy atom. The number of nitrogens with zero attached hydrogens (tertiary/aromatic N) is 3. The molecule has 0 radical (unpaired) electrons. The van der Waals surface area contributed by atoms with E-state index in [1.165, 1.54) is 0 Å². The molecular weight excluding hydrogens is 378 g/mol. The van der Waals surface area contributed by atoms with Crippen molar-refractivity contribution in [1.29, 1.82) is 0 Å². The van der Waals surface area contributed by atoms with Gasteiger partial charge in [-0.1, -0.05) is 29.8 Å². The third-order valence-corrected chi connectivity index (χ3v) is 6.47. The van der Waals surface area contributed by atoms with Gasteiger partial charge in [0.1, 0.15) is 11.5 Å². The minimum atomic E-state index is -0.955. The lowest BCUT2D eigenvalue weighted by Gasteiger charge is -2.27. The lowest BCUT2D eigenvalue weighted by Crippen LogP contribution is -2.44. The zero-order chi connectivity index (χ0) is 20.1. The van der Waals surface area contributed by atoms with Gasteiger partial charge in [0.2, 0.25) is 0 Å². The van der Waals surface area contributed by atoms with Crippen LogP contribution in [0.3, 0.4) is 0 Å². The Bertz CT molecular complexity index is 921. The SMILES string of the molecule is Cc1cccc(-c2ncc(N3C[C@@H]4C[C@@](C)(NC(=O)O)C[C@@H]4C3)nc2N)c1Cl. The van der Waals surface area contributed by atoms with Gasteiger partial charge in [0.15, 0.2) is 5.82 Å². The smallest absolute Gasteiger partial charge is 0.405 e. The van der Waals surface area contributed by atoms with Gasteiger partial charge in [0, 0.05) is 24.2 Å². The molecule has 3 atom stereocenters. The van der Waals surface area contributed by atoms with Gasteiger partial charge in [0.05, 0.1) is 11.2 Å². The molecular formula is C20H24ClN5O2. The van der Waals surface area contributed by atoms with Gasteiger partial charge in [-0.25, -0.2) is 14.8 Å². The van der Waals surface area contributed by atoms with E-state index in [-0.39, 0.29) is 5.54 Å². The summed E-state index contributed by atoms with van der Waals surface area (Å²) in [4.78, 5) is 22.4. The monoisotopic (exact) mass is 401 g/mol. The van der Waals surface area contributed by atoms with Crippen molar-refractivity contribution >= 4 is 29.3 Å². The molecule has 4 rings (SSSR count). The molecule has 1 saturated heterocycles. The first kappa shape index (κ1) is 18.8. The van der Waals surface area contributed by atoms with Gasteiger partial charge < -0.3 is 21.1 Å². The summed E-state index contributed by atoms with van der Waals surface area (Å²) in [6, 6.07) is 5.76. The van der Waals surface area contributed by atoms with Gasteiger partial charge >= 0.3 is 6.09 Å². The zero-order valence-corrected chi connectivity index (χ0v) is 16.7. The number of anilines is 2. The van der Waals surface area contributed by atoms with Crippen LogP contribution in [0.2, 0.25) is 5.02 Å². The average molecular weight is 402 g/mol. The fraction of sp³-hybridized carbons (Fsp3) is 0.450. The van der Waals surface area contributed by atoms with E-state index in [2.05, 4.69) is 20.2 Å². The van der Waals surface area contributed by atoms with Crippen molar-refractivity contribution in [3.8, 4) is 11.3 Å². The Hall–Kier alpha value is -2.54. The molecule has 1 aromatic carbocycles. The molecule has 2 heterocycles. The molecule has 1 amide bonds. The maximum atomic E-state index is 11.0. The second-order valence-electron chi connectivity index (χ2n) is 8.22. The number of amides is 1. The Kier molecular flexibility index (Phi) is 4.57. The van der Waals surface area contributed by atoms with E-state index in [0.717, 1.165) is 42.9 Å². The number of halogens is 1. The molecule has 1 aliphatic carbocycles. The van der Waals surface area contributed by atoms with Crippen LogP contribution in [0.5, 0.6) is 0 Å². The number of aromatic nitrogens is 2. The number of carbonyl (C=O) groups is 1. The normalized spacial score (nSPS) is 26.3. The molecule has 1 saturated carbocycles. The number of nitrogens with one attached hydrogen (secondary N) is 1. The van der Waals surface area contributed by atoms with E-state index in [9.17, 15) is 4.79 Å². The number of fused-ring (bicyclic) bond motifs is 1. The molecule has 2 fully saturated rings. The van der Waals surface area contributed by atoms with Crippen LogP contribution in [0.1, 0.15) is 25.3 Å². The van der Waals surface area contributed by atoms with Crippen molar-refractivity contribution in [3.63, 3.8) is 0 Å². The van der Waals surface area contributed by atoms with E-state index in [1.807, 2.05) is 32.0 Å². The lowest BCUT2D eigenvalue weighted by atomic mass is 9.98. The molecule has 1 aromatic heterocycles. The molecule has 0 unspecified atom stereocenters. The van der Waals surface area contributed by atoms with Crippen LogP contribution < -0.4 is 16.0 Å². The van der Waals surface area contributed by atoms with Crippen LogP contribution in [0.25, 0.3) is 11.3 Å². The molecule has 28 heavy (non-hydrogen) atoms. The van der Waals surface area contributed by atoms with Crippen LogP contribution in [-0.4, -0.2) is 39.8 Å². The summed E-state index contributed by atoms with van der Waals surface area (Å²) in [6.45, 7) is 5.60. The van der Waals surface area contributed by atoms with E-state index < -0.39 is 6.09 Å². The molecule has 2 aliphatic rings. The molecule has 7 nitrogen and oxygen atoms in total. The number of nitrogens with two attached hydrogens (primary N) is 1. The Morgan fingerprint density at radius 1 is 1.36 bits per heavy atom. The summed E-state index contributed by atoms with van der Waals surface area (Å²) in [5, 5.41) is 12.4. The second kappa shape index (κ2) is 6.81. The van der Waals surface area contributed by atoms with Crippen molar-refractivity contribution in [3.05, 3.63) is 35.0 Å². The van der Waals surface area contributed by atoms with Crippen LogP contribution >= 0.6 is 11.6 Å². The summed E-state index contributed by atoms with van der Waals surface area (Å²) in [5.41, 5.74) is 8.22. The van der Waals surface area contributed by atoms with Gasteiger partial charge in [-0.3, -0.25) is 0 Å². The molecule has 148 valence electrons. The topological polar surface area (TPSA) is 104 Å². The number of hydrogen-bond donors (Lipinski definition) is 3. The first-order valence-electron chi connectivity index (χ1n) is 9.40. The first-order chi connectivity index (χ1) is 13.3. The molecule has 8 heteroatoms. The van der Waals surface area contributed by atoms with E-state index in [0.29, 0.717) is 28.4 Å². The van der Waals surface area contributed by atoms with Gasteiger partial charge in [-0.2, -0.15) is 0 Å². The quantitative estimate of drug-likeness (QED) is 0.726. The first-order valence-corrected chi connectivity index (χ1v) is 9.77. The minimum Gasteiger partial charge on any atom is -0.465 e. The summed E-state index contributed by atoms with van der Waals surface area (Å²) in [5.74, 6) is 1.99. The predicted octanol–water partition coefficient (Wildman–Crippen LogP) is 3.56. The Balaban J connectivity index is 1.51. The summed E-state index contributed by atoms with van der Waals surface area (Å²) >= 11 is 6.41. The summed E-state index contributed by atoms with van der Waals surface area (Å²) < 4.78 is 0. The number of aryl methyl sites for hydroxylation is 1. The van der Waals surface area contributed by atoms with Crippen molar-refractivity contribution in [2.75, 3.05) is 23.7 Å². The molecule has 1 aliphatic heterocycles. The summed E-state index contributed by atoms with van der Waals surface area (Å²) in [6.07, 6.45) is 2.46. The van der Waals surface area contributed by atoms with Crippen molar-refractivity contribution in [1.82, 2.24) is 15.3 Å². The number of hydrogen-bond acceptors (Lipinski definition) is 5. The van der Waals surface area contributed by atoms with Crippen molar-refractivity contribution in [2.45, 2.75) is 32.2 Å². The van der Waals surface area contributed by atoms with Crippen molar-refractivity contribution < 1.29 is 9.90 Å². The van der Waals surface area contributed by atoms with Crippen LogP contribution in [-0.2, 0) is 0 Å². The highest BCUT2D eigenvalue weighted by molar-refractivity contribution is 6.34. The van der Waals surface area contributed by atoms with Crippen LogP contribution in [0, 0.1) is 18.8 Å². The average Bonchev–Trinajstić information content (AvgIpc) is 3.11.